The van der Waals surface area contributed by atoms with Crippen LogP contribution in [0.25, 0.3) is 55.0 Å². The molecule has 0 saturated carbocycles. The Labute approximate surface area is 244 Å². The summed E-state index contributed by atoms with van der Waals surface area (Å²) < 4.78 is 6.43. The molecule has 198 valence electrons. The lowest BCUT2D eigenvalue weighted by atomic mass is 9.94. The van der Waals surface area contributed by atoms with E-state index in [1.54, 1.807) is 0 Å². The van der Waals surface area contributed by atoms with E-state index in [4.69, 9.17) is 4.42 Å². The highest BCUT2D eigenvalue weighted by Gasteiger charge is 2.18. The average molecular weight is 538 g/mol. The normalized spacial score (nSPS) is 11.3. The number of hydrogen-bond donors (Lipinski definition) is 0. The third-order valence-corrected chi connectivity index (χ3v) is 8.05. The van der Waals surface area contributed by atoms with E-state index < -0.39 is 0 Å². The molecule has 1 heterocycles. The van der Waals surface area contributed by atoms with Crippen LogP contribution in [0, 0.1) is 0 Å². The molecule has 0 atom stereocenters. The summed E-state index contributed by atoms with van der Waals surface area (Å²) in [5, 5.41) is 4.66. The lowest BCUT2D eigenvalue weighted by Gasteiger charge is -2.26. The quantitative estimate of drug-likeness (QED) is 0.217. The van der Waals surface area contributed by atoms with Crippen molar-refractivity contribution in [1.29, 1.82) is 0 Å². The van der Waals surface area contributed by atoms with Gasteiger partial charge in [-0.1, -0.05) is 115 Å². The van der Waals surface area contributed by atoms with Gasteiger partial charge in [-0.2, -0.15) is 0 Å². The molecule has 0 saturated heterocycles. The lowest BCUT2D eigenvalue weighted by molar-refractivity contribution is 0.669. The van der Waals surface area contributed by atoms with E-state index in [9.17, 15) is 0 Å². The molecule has 1 aromatic heterocycles. The van der Waals surface area contributed by atoms with Gasteiger partial charge in [-0.15, -0.1) is 0 Å². The van der Waals surface area contributed by atoms with Crippen LogP contribution in [0.15, 0.2) is 168 Å². The first kappa shape index (κ1) is 24.2. The molecular formula is C40H27NO. The number of hydrogen-bond acceptors (Lipinski definition) is 2. The molecule has 0 radical (unpaired) electrons. The molecule has 0 aliphatic rings. The Morgan fingerprint density at radius 2 is 0.929 bits per heavy atom. The molecular weight excluding hydrogens is 510 g/mol. The van der Waals surface area contributed by atoms with Crippen LogP contribution in [0.5, 0.6) is 0 Å². The monoisotopic (exact) mass is 537 g/mol. The third-order valence-electron chi connectivity index (χ3n) is 8.05. The zero-order valence-electron chi connectivity index (χ0n) is 22.9. The smallest absolute Gasteiger partial charge is 0.136 e. The standard InChI is InChI=1S/C40H27NO/c1-4-12-28(13-5-1)29-20-22-32(23-21-29)41(31-16-8-3-9-17-31)33-24-25-34-36(30-14-6-2-7-15-30)27-39-40(37(34)26-33)35-18-10-11-19-38(35)42-39/h1-27H. The van der Waals surface area contributed by atoms with Crippen molar-refractivity contribution in [2.75, 3.05) is 4.90 Å². The highest BCUT2D eigenvalue weighted by atomic mass is 16.3. The van der Waals surface area contributed by atoms with Gasteiger partial charge in [0, 0.05) is 27.8 Å². The van der Waals surface area contributed by atoms with Crippen LogP contribution in [0.3, 0.4) is 0 Å². The van der Waals surface area contributed by atoms with E-state index in [0.29, 0.717) is 0 Å². The Hall–Kier alpha value is -5.60. The first-order valence-corrected chi connectivity index (χ1v) is 14.3. The highest BCUT2D eigenvalue weighted by Crippen LogP contribution is 2.43. The Balaban J connectivity index is 1.37. The molecule has 0 amide bonds. The van der Waals surface area contributed by atoms with Gasteiger partial charge in [0.15, 0.2) is 0 Å². The largest absolute Gasteiger partial charge is 0.456 e. The van der Waals surface area contributed by atoms with E-state index >= 15 is 0 Å². The summed E-state index contributed by atoms with van der Waals surface area (Å²) in [6.45, 7) is 0. The van der Waals surface area contributed by atoms with Crippen molar-refractivity contribution in [2.24, 2.45) is 0 Å². The molecule has 0 spiro atoms. The molecule has 0 aliphatic carbocycles. The maximum atomic E-state index is 6.43. The number of furan rings is 1. The van der Waals surface area contributed by atoms with Crippen molar-refractivity contribution in [3.63, 3.8) is 0 Å². The van der Waals surface area contributed by atoms with Crippen molar-refractivity contribution >= 4 is 49.8 Å². The van der Waals surface area contributed by atoms with Gasteiger partial charge >= 0.3 is 0 Å². The van der Waals surface area contributed by atoms with Gasteiger partial charge in [-0.3, -0.25) is 0 Å². The summed E-state index contributed by atoms with van der Waals surface area (Å²) in [5.74, 6) is 0. The molecule has 42 heavy (non-hydrogen) atoms. The van der Waals surface area contributed by atoms with Crippen LogP contribution in [0.1, 0.15) is 0 Å². The second-order valence-electron chi connectivity index (χ2n) is 10.6. The van der Waals surface area contributed by atoms with Gasteiger partial charge in [0.05, 0.1) is 0 Å². The predicted molar refractivity (Wildman–Crippen MR) is 177 cm³/mol. The number of anilines is 3. The van der Waals surface area contributed by atoms with Crippen LogP contribution in [-0.2, 0) is 0 Å². The zero-order chi connectivity index (χ0) is 27.9. The summed E-state index contributed by atoms with van der Waals surface area (Å²) in [6.07, 6.45) is 0. The van der Waals surface area contributed by atoms with E-state index in [-0.39, 0.29) is 0 Å². The summed E-state index contributed by atoms with van der Waals surface area (Å²) in [4.78, 5) is 2.33. The SMILES string of the molecule is c1ccc(-c2ccc(N(c3ccccc3)c3ccc4c(-c5ccccc5)cc5oc6ccccc6c5c4c3)cc2)cc1. The Morgan fingerprint density at radius 1 is 0.357 bits per heavy atom. The first-order valence-electron chi connectivity index (χ1n) is 14.3. The van der Waals surface area contributed by atoms with Crippen molar-refractivity contribution in [1.82, 2.24) is 0 Å². The minimum absolute atomic E-state index is 0.901. The van der Waals surface area contributed by atoms with Crippen LogP contribution in [0.4, 0.5) is 17.1 Å². The van der Waals surface area contributed by atoms with Crippen LogP contribution >= 0.6 is 0 Å². The fraction of sp³-hybridized carbons (Fsp3) is 0. The maximum Gasteiger partial charge on any atom is 0.136 e. The van der Waals surface area contributed by atoms with Gasteiger partial charge in [0.1, 0.15) is 11.2 Å². The molecule has 0 bridgehead atoms. The highest BCUT2D eigenvalue weighted by molar-refractivity contribution is 6.22. The molecule has 0 unspecified atom stereocenters. The third kappa shape index (κ3) is 4.13. The predicted octanol–water partition coefficient (Wildman–Crippen LogP) is 11.5. The number of nitrogens with zero attached hydrogens (tertiary/aromatic N) is 1. The minimum atomic E-state index is 0.901. The molecule has 8 aromatic rings. The minimum Gasteiger partial charge on any atom is -0.456 e. The summed E-state index contributed by atoms with van der Waals surface area (Å²) >= 11 is 0. The van der Waals surface area contributed by atoms with E-state index in [2.05, 4.69) is 163 Å². The molecule has 0 N–H and O–H groups in total. The fourth-order valence-corrected chi connectivity index (χ4v) is 6.08. The number of para-hydroxylation sites is 2. The molecule has 0 fully saturated rings. The maximum absolute atomic E-state index is 6.43. The van der Waals surface area contributed by atoms with Crippen molar-refractivity contribution in [3.05, 3.63) is 164 Å². The lowest BCUT2D eigenvalue weighted by Crippen LogP contribution is -2.09. The Morgan fingerprint density at radius 3 is 1.67 bits per heavy atom. The van der Waals surface area contributed by atoms with Crippen LogP contribution < -0.4 is 4.90 Å². The number of rotatable bonds is 5. The van der Waals surface area contributed by atoms with Crippen molar-refractivity contribution in [2.45, 2.75) is 0 Å². The van der Waals surface area contributed by atoms with Crippen LogP contribution in [0.2, 0.25) is 0 Å². The summed E-state index contributed by atoms with van der Waals surface area (Å²) in [5.41, 5.74) is 9.87. The van der Waals surface area contributed by atoms with Gasteiger partial charge in [-0.25, -0.2) is 0 Å². The van der Waals surface area contributed by atoms with Crippen molar-refractivity contribution in [3.8, 4) is 22.3 Å². The Bertz CT molecular complexity index is 2160. The Kier molecular flexibility index (Phi) is 5.82. The van der Waals surface area contributed by atoms with Gasteiger partial charge in [-0.05, 0) is 81.6 Å². The molecule has 2 nitrogen and oxygen atoms in total. The van der Waals surface area contributed by atoms with E-state index in [1.807, 2.05) is 6.07 Å². The van der Waals surface area contributed by atoms with E-state index in [0.717, 1.165) is 39.0 Å². The summed E-state index contributed by atoms with van der Waals surface area (Å²) in [6, 6.07) is 57.9. The molecule has 0 aliphatic heterocycles. The zero-order valence-corrected chi connectivity index (χ0v) is 22.9. The molecule has 8 rings (SSSR count). The topological polar surface area (TPSA) is 16.4 Å². The molecule has 2 heteroatoms. The fourth-order valence-electron chi connectivity index (χ4n) is 6.08. The second kappa shape index (κ2) is 10.1. The van der Waals surface area contributed by atoms with Gasteiger partial charge in [0.2, 0.25) is 0 Å². The molecule has 7 aromatic carbocycles. The van der Waals surface area contributed by atoms with Crippen LogP contribution in [-0.4, -0.2) is 0 Å². The second-order valence-corrected chi connectivity index (χ2v) is 10.6. The average Bonchev–Trinajstić information content (AvgIpc) is 3.45. The van der Waals surface area contributed by atoms with E-state index in [1.165, 1.54) is 33.0 Å². The van der Waals surface area contributed by atoms with Crippen molar-refractivity contribution < 1.29 is 4.42 Å². The number of benzene rings is 7. The number of fused-ring (bicyclic) bond motifs is 5. The van der Waals surface area contributed by atoms with Gasteiger partial charge < -0.3 is 9.32 Å². The first-order chi connectivity index (χ1) is 20.8. The summed E-state index contributed by atoms with van der Waals surface area (Å²) in [7, 11) is 0. The van der Waals surface area contributed by atoms with Gasteiger partial charge in [0.25, 0.3) is 0 Å².